The molecule has 28 heavy (non-hydrogen) atoms. The van der Waals surface area contributed by atoms with E-state index in [0.717, 1.165) is 37.3 Å². The van der Waals surface area contributed by atoms with Gasteiger partial charge in [-0.2, -0.15) is 0 Å². The molecule has 0 bridgehead atoms. The van der Waals surface area contributed by atoms with Gasteiger partial charge < -0.3 is 4.90 Å². The average Bonchev–Trinajstić information content (AvgIpc) is 2.65. The van der Waals surface area contributed by atoms with Crippen LogP contribution in [0, 0.1) is 17.7 Å². The number of nitrogens with zero attached hydrogens (tertiary/aromatic N) is 3. The molecule has 0 atom stereocenters. The Morgan fingerprint density at radius 3 is 2.61 bits per heavy atom. The van der Waals surface area contributed by atoms with Gasteiger partial charge >= 0.3 is 0 Å². The number of hydrogen-bond acceptors (Lipinski definition) is 3. The maximum Gasteiger partial charge on any atom is 0.261 e. The predicted molar refractivity (Wildman–Crippen MR) is 111 cm³/mol. The van der Waals surface area contributed by atoms with Crippen LogP contribution >= 0.6 is 12.4 Å². The van der Waals surface area contributed by atoms with Gasteiger partial charge in [0.05, 0.1) is 10.9 Å². The molecule has 0 aliphatic carbocycles. The Bertz CT molecular complexity index is 1130. The van der Waals surface area contributed by atoms with Crippen molar-refractivity contribution >= 4 is 23.3 Å². The Labute approximate surface area is 169 Å². The molecule has 0 saturated carbocycles. The van der Waals surface area contributed by atoms with E-state index < -0.39 is 0 Å². The molecule has 2 heterocycles. The molecule has 0 saturated heterocycles. The van der Waals surface area contributed by atoms with E-state index >= 15 is 0 Å². The summed E-state index contributed by atoms with van der Waals surface area (Å²) in [5.74, 6) is 6.52. The SMILES string of the molecule is CN1CCCn2c(nc3cc(C#Cc4cccc(F)c4)ccc3c2=O)CC1.Cl. The van der Waals surface area contributed by atoms with Crippen molar-refractivity contribution in [2.24, 2.45) is 0 Å². The van der Waals surface area contributed by atoms with Gasteiger partial charge in [0.1, 0.15) is 11.6 Å². The second kappa shape index (κ2) is 8.55. The van der Waals surface area contributed by atoms with Crippen LogP contribution in [0.25, 0.3) is 10.9 Å². The Hall–Kier alpha value is -2.68. The van der Waals surface area contributed by atoms with Gasteiger partial charge in [-0.15, -0.1) is 12.4 Å². The van der Waals surface area contributed by atoms with Gasteiger partial charge in [0.25, 0.3) is 5.56 Å². The third-order valence-corrected chi connectivity index (χ3v) is 4.85. The number of rotatable bonds is 0. The van der Waals surface area contributed by atoms with Gasteiger partial charge in [-0.25, -0.2) is 9.37 Å². The first-order chi connectivity index (χ1) is 13.1. The Morgan fingerprint density at radius 2 is 1.82 bits per heavy atom. The molecule has 144 valence electrons. The first-order valence-electron chi connectivity index (χ1n) is 9.10. The Kier molecular flexibility index (Phi) is 6.13. The fourth-order valence-electron chi connectivity index (χ4n) is 3.38. The van der Waals surface area contributed by atoms with Crippen LogP contribution in [0.1, 0.15) is 23.4 Å². The molecule has 0 radical (unpaired) electrons. The first kappa shape index (κ1) is 20.1. The maximum absolute atomic E-state index is 13.3. The summed E-state index contributed by atoms with van der Waals surface area (Å²) in [5, 5.41) is 0.615. The van der Waals surface area contributed by atoms with Gasteiger partial charge in [0.15, 0.2) is 0 Å². The van der Waals surface area contributed by atoms with E-state index in [-0.39, 0.29) is 23.8 Å². The van der Waals surface area contributed by atoms with Gasteiger partial charge in [-0.1, -0.05) is 17.9 Å². The van der Waals surface area contributed by atoms with Crippen molar-refractivity contribution < 1.29 is 4.39 Å². The Balaban J connectivity index is 0.00000225. The van der Waals surface area contributed by atoms with Crippen molar-refractivity contribution in [3.63, 3.8) is 0 Å². The van der Waals surface area contributed by atoms with E-state index in [9.17, 15) is 9.18 Å². The minimum absolute atomic E-state index is 0. The monoisotopic (exact) mass is 397 g/mol. The molecule has 0 N–H and O–H groups in total. The summed E-state index contributed by atoms with van der Waals surface area (Å²) in [6, 6.07) is 11.6. The van der Waals surface area contributed by atoms with E-state index in [2.05, 4.69) is 23.8 Å². The van der Waals surface area contributed by atoms with Crippen molar-refractivity contribution in [3.05, 3.63) is 75.6 Å². The van der Waals surface area contributed by atoms with Crippen LogP contribution in [-0.2, 0) is 13.0 Å². The number of aromatic nitrogens is 2. The molecule has 0 amide bonds. The number of fused-ring (bicyclic) bond motifs is 2. The van der Waals surface area contributed by atoms with Gasteiger partial charge in [-0.3, -0.25) is 9.36 Å². The smallest absolute Gasteiger partial charge is 0.261 e. The molecule has 2 aromatic carbocycles. The summed E-state index contributed by atoms with van der Waals surface area (Å²) in [5.41, 5.74) is 2.06. The third kappa shape index (κ3) is 4.24. The zero-order chi connectivity index (χ0) is 18.8. The van der Waals surface area contributed by atoms with E-state index in [1.165, 1.54) is 12.1 Å². The normalized spacial score (nSPS) is 14.2. The Morgan fingerprint density at radius 1 is 1.04 bits per heavy atom. The van der Waals surface area contributed by atoms with Crippen molar-refractivity contribution in [1.29, 1.82) is 0 Å². The van der Waals surface area contributed by atoms with Crippen molar-refractivity contribution in [2.75, 3.05) is 20.1 Å². The molecule has 1 aromatic heterocycles. The highest BCUT2D eigenvalue weighted by Gasteiger charge is 2.14. The van der Waals surface area contributed by atoms with E-state index in [1.54, 1.807) is 18.2 Å². The minimum atomic E-state index is -0.307. The summed E-state index contributed by atoms with van der Waals surface area (Å²) in [7, 11) is 2.09. The fraction of sp³-hybridized carbons (Fsp3) is 0.273. The van der Waals surface area contributed by atoms with Crippen molar-refractivity contribution in [2.45, 2.75) is 19.4 Å². The van der Waals surface area contributed by atoms with Crippen LogP contribution in [0.4, 0.5) is 4.39 Å². The maximum atomic E-state index is 13.3. The molecule has 4 rings (SSSR count). The number of likely N-dealkylation sites (N-methyl/N-ethyl adjacent to an activating group) is 1. The lowest BCUT2D eigenvalue weighted by atomic mass is 10.1. The lowest BCUT2D eigenvalue weighted by Crippen LogP contribution is -2.33. The number of benzene rings is 2. The zero-order valence-electron chi connectivity index (χ0n) is 15.6. The molecule has 4 nitrogen and oxygen atoms in total. The molecule has 0 fully saturated rings. The highest BCUT2D eigenvalue weighted by molar-refractivity contribution is 5.85. The van der Waals surface area contributed by atoms with E-state index in [1.807, 2.05) is 16.7 Å². The van der Waals surface area contributed by atoms with Crippen LogP contribution in [-0.4, -0.2) is 34.6 Å². The number of halogens is 2. The molecule has 0 spiro atoms. The summed E-state index contributed by atoms with van der Waals surface area (Å²) >= 11 is 0. The quantitative estimate of drug-likeness (QED) is 0.547. The lowest BCUT2D eigenvalue weighted by molar-refractivity contribution is 0.304. The van der Waals surface area contributed by atoms with Crippen LogP contribution < -0.4 is 5.56 Å². The standard InChI is InChI=1S/C22H20FN3O.ClH/c1-25-11-3-12-26-21(10-13-25)24-20-15-17(8-9-19(20)22(26)27)7-6-16-4-2-5-18(23)14-16;/h2,4-5,8-9,14-15H,3,10-13H2,1H3;1H. The highest BCUT2D eigenvalue weighted by Crippen LogP contribution is 2.14. The van der Waals surface area contributed by atoms with Crippen LogP contribution in [0.3, 0.4) is 0 Å². The second-order valence-corrected chi connectivity index (χ2v) is 6.88. The fourth-order valence-corrected chi connectivity index (χ4v) is 3.38. The van der Waals surface area contributed by atoms with Crippen molar-refractivity contribution in [1.82, 2.24) is 14.5 Å². The summed E-state index contributed by atoms with van der Waals surface area (Å²) in [4.78, 5) is 19.9. The van der Waals surface area contributed by atoms with Crippen LogP contribution in [0.5, 0.6) is 0 Å². The first-order valence-corrected chi connectivity index (χ1v) is 9.10. The molecular formula is C22H21ClFN3O. The van der Waals surface area contributed by atoms with Crippen LogP contribution in [0.2, 0.25) is 0 Å². The molecular weight excluding hydrogens is 377 g/mol. The number of hydrogen-bond donors (Lipinski definition) is 0. The van der Waals surface area contributed by atoms with Gasteiger partial charge in [0, 0.05) is 30.6 Å². The average molecular weight is 398 g/mol. The van der Waals surface area contributed by atoms with Crippen LogP contribution in [0.15, 0.2) is 47.3 Å². The zero-order valence-corrected chi connectivity index (χ0v) is 16.4. The predicted octanol–water partition coefficient (Wildman–Crippen LogP) is 3.24. The molecule has 6 heteroatoms. The molecule has 3 aromatic rings. The van der Waals surface area contributed by atoms with Gasteiger partial charge in [0.2, 0.25) is 0 Å². The summed E-state index contributed by atoms with van der Waals surface area (Å²) in [6.07, 6.45) is 1.69. The summed E-state index contributed by atoms with van der Waals surface area (Å²) in [6.45, 7) is 2.57. The van der Waals surface area contributed by atoms with Crippen molar-refractivity contribution in [3.8, 4) is 11.8 Å². The third-order valence-electron chi connectivity index (χ3n) is 4.85. The van der Waals surface area contributed by atoms with E-state index in [4.69, 9.17) is 4.98 Å². The minimum Gasteiger partial charge on any atom is -0.306 e. The lowest BCUT2D eigenvalue weighted by Gasteiger charge is -2.22. The highest BCUT2D eigenvalue weighted by atomic mass is 35.5. The summed E-state index contributed by atoms with van der Waals surface area (Å²) < 4.78 is 15.1. The largest absolute Gasteiger partial charge is 0.306 e. The molecule has 1 aliphatic rings. The molecule has 1 aliphatic heterocycles. The topological polar surface area (TPSA) is 38.1 Å². The van der Waals surface area contributed by atoms with E-state index in [0.29, 0.717) is 23.0 Å². The molecule has 0 unspecified atom stereocenters. The van der Waals surface area contributed by atoms with Gasteiger partial charge in [-0.05, 0) is 56.4 Å². The second-order valence-electron chi connectivity index (χ2n) is 6.88.